The molecule has 0 saturated heterocycles. The highest BCUT2D eigenvalue weighted by Crippen LogP contribution is 2.37. The number of aryl methyl sites for hydroxylation is 3. The molecule has 31 heavy (non-hydrogen) atoms. The van der Waals surface area contributed by atoms with Crippen molar-refractivity contribution in [2.75, 3.05) is 0 Å². The molecule has 0 saturated carbocycles. The van der Waals surface area contributed by atoms with Crippen LogP contribution in [0.25, 0.3) is 44.1 Å². The molecule has 5 aromatic rings. The fourth-order valence-electron chi connectivity index (χ4n) is 4.68. The van der Waals surface area contributed by atoms with Gasteiger partial charge in [0, 0.05) is 34.4 Å². The molecule has 4 heteroatoms. The van der Waals surface area contributed by atoms with Crippen molar-refractivity contribution in [2.45, 2.75) is 33.5 Å². The number of rotatable bonds is 2. The van der Waals surface area contributed by atoms with Crippen LogP contribution in [-0.4, -0.2) is 8.07 Å². The van der Waals surface area contributed by atoms with E-state index in [1.165, 1.54) is 33.8 Å². The van der Waals surface area contributed by atoms with E-state index in [0.717, 1.165) is 33.2 Å². The lowest BCUT2D eigenvalue weighted by Crippen LogP contribution is -2.43. The number of hydrogen-bond acceptors (Lipinski definition) is 1. The summed E-state index contributed by atoms with van der Waals surface area (Å²) in [4.78, 5) is 0. The molecule has 0 radical (unpaired) electrons. The Morgan fingerprint density at radius 1 is 0.839 bits per heavy atom. The molecule has 0 bridgehead atoms. The highest BCUT2D eigenvalue weighted by molar-refractivity contribution is 6.90. The molecular weight excluding hydrogens is 401 g/mol. The highest BCUT2D eigenvalue weighted by Gasteiger charge is 2.28. The van der Waals surface area contributed by atoms with E-state index in [1.54, 1.807) is 0 Å². The Labute approximate surface area is 182 Å². The minimum absolute atomic E-state index is 0.280. The Hall–Kier alpha value is -2.98. The van der Waals surface area contributed by atoms with E-state index in [9.17, 15) is 4.39 Å². The maximum absolute atomic E-state index is 13.9. The minimum Gasteiger partial charge on any atom is -0.455 e. The van der Waals surface area contributed by atoms with E-state index in [2.05, 4.69) is 81.5 Å². The van der Waals surface area contributed by atoms with Crippen molar-refractivity contribution < 1.29 is 13.4 Å². The topological polar surface area (TPSA) is 17.0 Å². The van der Waals surface area contributed by atoms with E-state index in [4.69, 9.17) is 4.42 Å². The number of pyridine rings is 1. The molecule has 0 atom stereocenters. The Morgan fingerprint density at radius 3 is 2.29 bits per heavy atom. The molecule has 0 N–H and O–H groups in total. The SMILES string of the molecule is Cc1ccc2c([Si](C)(C)C)cc(-c3c(C)ccc4c3oc3cc(F)ccc34)[n+](C)c2c1. The number of benzene rings is 3. The van der Waals surface area contributed by atoms with Crippen molar-refractivity contribution in [1.29, 1.82) is 0 Å². The summed E-state index contributed by atoms with van der Waals surface area (Å²) in [6.07, 6.45) is 0. The Balaban J connectivity index is 1.95. The second kappa shape index (κ2) is 6.76. The smallest absolute Gasteiger partial charge is 0.216 e. The average Bonchev–Trinajstić information content (AvgIpc) is 3.05. The number of hydrogen-bond donors (Lipinski definition) is 0. The Kier molecular flexibility index (Phi) is 4.35. The lowest BCUT2D eigenvalue weighted by atomic mass is 9.99. The first kappa shape index (κ1) is 19.9. The summed E-state index contributed by atoms with van der Waals surface area (Å²) in [5.74, 6) is -0.280. The second-order valence-electron chi connectivity index (χ2n) is 9.65. The Morgan fingerprint density at radius 2 is 1.55 bits per heavy atom. The molecule has 3 aromatic carbocycles. The zero-order valence-corrected chi connectivity index (χ0v) is 19.9. The van der Waals surface area contributed by atoms with Gasteiger partial charge in [-0.15, -0.1) is 0 Å². The first-order valence-corrected chi connectivity index (χ1v) is 14.2. The third kappa shape index (κ3) is 3.09. The minimum atomic E-state index is -1.62. The summed E-state index contributed by atoms with van der Waals surface area (Å²) in [6.45, 7) is 11.4. The molecule has 0 aliphatic carbocycles. The lowest BCUT2D eigenvalue weighted by Gasteiger charge is -2.20. The molecule has 5 rings (SSSR count). The van der Waals surface area contributed by atoms with E-state index in [0.29, 0.717) is 5.58 Å². The summed E-state index contributed by atoms with van der Waals surface area (Å²) in [5, 5.41) is 4.73. The van der Waals surface area contributed by atoms with Gasteiger partial charge in [-0.3, -0.25) is 0 Å². The van der Waals surface area contributed by atoms with Crippen LogP contribution in [0.1, 0.15) is 11.1 Å². The molecule has 0 fully saturated rings. The van der Waals surface area contributed by atoms with Gasteiger partial charge >= 0.3 is 0 Å². The largest absolute Gasteiger partial charge is 0.455 e. The van der Waals surface area contributed by atoms with Crippen molar-refractivity contribution in [2.24, 2.45) is 7.05 Å². The van der Waals surface area contributed by atoms with Crippen molar-refractivity contribution >= 4 is 46.1 Å². The number of halogens is 1. The van der Waals surface area contributed by atoms with Gasteiger partial charge in [-0.2, -0.15) is 4.57 Å². The first-order chi connectivity index (χ1) is 14.6. The zero-order valence-electron chi connectivity index (χ0n) is 18.9. The lowest BCUT2D eigenvalue weighted by molar-refractivity contribution is -0.633. The van der Waals surface area contributed by atoms with E-state index < -0.39 is 8.07 Å². The number of nitrogens with zero attached hydrogens (tertiary/aromatic N) is 1. The van der Waals surface area contributed by atoms with Gasteiger partial charge in [-0.25, -0.2) is 4.39 Å². The summed E-state index contributed by atoms with van der Waals surface area (Å²) in [6, 6.07) is 18.1. The average molecular weight is 429 g/mol. The summed E-state index contributed by atoms with van der Waals surface area (Å²) < 4.78 is 22.4. The number of furan rings is 1. The fraction of sp³-hybridized carbons (Fsp3) is 0.222. The van der Waals surface area contributed by atoms with Gasteiger partial charge in [0.2, 0.25) is 11.2 Å². The second-order valence-corrected chi connectivity index (χ2v) is 14.7. The molecule has 2 heterocycles. The van der Waals surface area contributed by atoms with Crippen molar-refractivity contribution in [1.82, 2.24) is 0 Å². The third-order valence-corrected chi connectivity index (χ3v) is 8.35. The van der Waals surface area contributed by atoms with Crippen molar-refractivity contribution in [3.8, 4) is 11.3 Å². The van der Waals surface area contributed by atoms with Crippen LogP contribution < -0.4 is 9.75 Å². The van der Waals surface area contributed by atoms with Gasteiger partial charge in [0.1, 0.15) is 24.0 Å². The van der Waals surface area contributed by atoms with E-state index in [-0.39, 0.29) is 5.82 Å². The van der Waals surface area contributed by atoms with Gasteiger partial charge in [-0.05, 0) is 48.4 Å². The molecule has 2 aromatic heterocycles. The molecule has 0 amide bonds. The normalized spacial score (nSPS) is 12.4. The van der Waals surface area contributed by atoms with Gasteiger partial charge in [0.15, 0.2) is 0 Å². The molecule has 0 spiro atoms. The van der Waals surface area contributed by atoms with Crippen LogP contribution in [0, 0.1) is 19.7 Å². The van der Waals surface area contributed by atoms with Gasteiger partial charge < -0.3 is 4.42 Å². The summed E-state index contributed by atoms with van der Waals surface area (Å²) in [5.41, 5.74) is 7.26. The van der Waals surface area contributed by atoms with E-state index >= 15 is 0 Å². The number of aromatic nitrogens is 1. The van der Waals surface area contributed by atoms with Crippen LogP contribution in [0.2, 0.25) is 19.6 Å². The Bertz CT molecular complexity index is 1510. The molecule has 0 aliphatic rings. The standard InChI is InChI=1S/C27H27FNOSi/c1-16-7-10-21-22(13-16)29(3)23(15-25(21)31(4,5)6)26-17(2)8-11-20-19-12-9-18(28)14-24(19)30-27(20)26/h7-15H,1-6H3/q+1. The van der Waals surface area contributed by atoms with Gasteiger partial charge in [0.25, 0.3) is 0 Å². The monoisotopic (exact) mass is 428 g/mol. The van der Waals surface area contributed by atoms with Crippen LogP contribution in [0.15, 0.2) is 59.0 Å². The van der Waals surface area contributed by atoms with Crippen molar-refractivity contribution in [3.63, 3.8) is 0 Å². The molecule has 156 valence electrons. The van der Waals surface area contributed by atoms with Crippen LogP contribution in [0.5, 0.6) is 0 Å². The summed E-state index contributed by atoms with van der Waals surface area (Å²) in [7, 11) is 0.511. The first-order valence-electron chi connectivity index (χ1n) is 10.7. The van der Waals surface area contributed by atoms with Crippen LogP contribution >= 0.6 is 0 Å². The summed E-state index contributed by atoms with van der Waals surface area (Å²) >= 11 is 0. The van der Waals surface area contributed by atoms with Gasteiger partial charge in [-0.1, -0.05) is 37.8 Å². The van der Waals surface area contributed by atoms with Crippen molar-refractivity contribution in [3.05, 3.63) is 71.5 Å². The van der Waals surface area contributed by atoms with Crippen LogP contribution in [0.3, 0.4) is 0 Å². The van der Waals surface area contributed by atoms with E-state index in [1.807, 2.05) is 6.07 Å². The predicted molar refractivity (Wildman–Crippen MR) is 130 cm³/mol. The van der Waals surface area contributed by atoms with Crippen LogP contribution in [0.4, 0.5) is 4.39 Å². The highest BCUT2D eigenvalue weighted by atomic mass is 28.3. The predicted octanol–water partition coefficient (Wildman–Crippen LogP) is 6.53. The maximum Gasteiger partial charge on any atom is 0.216 e. The fourth-order valence-corrected chi connectivity index (χ4v) is 6.27. The molecule has 0 aliphatic heterocycles. The maximum atomic E-state index is 13.9. The molecule has 2 nitrogen and oxygen atoms in total. The molecular formula is C27H27FNOSi+. The quantitative estimate of drug-likeness (QED) is 0.231. The zero-order chi connectivity index (χ0) is 22.1. The van der Waals surface area contributed by atoms with Gasteiger partial charge in [0.05, 0.1) is 13.6 Å². The molecule has 0 unspecified atom stereocenters. The third-order valence-electron chi connectivity index (χ3n) is 6.32. The number of fused-ring (bicyclic) bond motifs is 4. The van der Waals surface area contributed by atoms with Crippen LogP contribution in [-0.2, 0) is 7.05 Å².